The monoisotopic (exact) mass is 511 g/mol. The molecule has 3 N–H and O–H groups in total. The number of rotatable bonds is 6. The number of amides is 1. The van der Waals surface area contributed by atoms with Gasteiger partial charge in [-0.15, -0.1) is 12.4 Å². The van der Waals surface area contributed by atoms with Gasteiger partial charge in [-0.25, -0.2) is 4.98 Å². The smallest absolute Gasteiger partial charge is 0.307 e. The molecule has 1 aliphatic heterocycles. The summed E-state index contributed by atoms with van der Waals surface area (Å²) >= 11 is 3.30. The molecule has 1 spiro atoms. The van der Waals surface area contributed by atoms with Crippen molar-refractivity contribution in [3.05, 3.63) is 22.9 Å². The van der Waals surface area contributed by atoms with Crippen molar-refractivity contribution in [1.29, 1.82) is 0 Å². The number of hydrogen-bond acceptors (Lipinski definition) is 4. The summed E-state index contributed by atoms with van der Waals surface area (Å²) in [5.74, 6) is -0.965. The van der Waals surface area contributed by atoms with Gasteiger partial charge in [0.2, 0.25) is 5.91 Å². The van der Waals surface area contributed by atoms with Crippen molar-refractivity contribution in [2.45, 2.75) is 57.4 Å². The van der Waals surface area contributed by atoms with Gasteiger partial charge in [0.05, 0.1) is 23.7 Å². The van der Waals surface area contributed by atoms with Crippen molar-refractivity contribution in [3.63, 3.8) is 0 Å². The lowest BCUT2D eigenvalue weighted by molar-refractivity contribution is -0.148. The van der Waals surface area contributed by atoms with Crippen LogP contribution in [0.5, 0.6) is 0 Å². The van der Waals surface area contributed by atoms with Gasteiger partial charge in [0.1, 0.15) is 4.60 Å². The van der Waals surface area contributed by atoms with Crippen LogP contribution < -0.4 is 10.6 Å². The Morgan fingerprint density at radius 3 is 2.58 bits per heavy atom. The van der Waals surface area contributed by atoms with Gasteiger partial charge in [-0.1, -0.05) is 6.42 Å². The van der Waals surface area contributed by atoms with Crippen molar-refractivity contribution in [3.8, 4) is 0 Å². The van der Waals surface area contributed by atoms with E-state index in [1.165, 1.54) is 32.1 Å². The number of nitrogens with zero attached hydrogens (tertiary/aromatic N) is 1. The summed E-state index contributed by atoms with van der Waals surface area (Å²) in [4.78, 5) is 29.6. The number of aromatic nitrogens is 1. The summed E-state index contributed by atoms with van der Waals surface area (Å²) in [6.45, 7) is 1.12. The van der Waals surface area contributed by atoms with Crippen molar-refractivity contribution >= 4 is 45.9 Å². The van der Waals surface area contributed by atoms with Crippen LogP contribution >= 0.6 is 28.3 Å². The third-order valence-corrected chi connectivity index (χ3v) is 8.95. The van der Waals surface area contributed by atoms with E-state index < -0.39 is 17.8 Å². The third-order valence-electron chi connectivity index (χ3n) is 8.48. The van der Waals surface area contributed by atoms with Gasteiger partial charge in [0.25, 0.3) is 0 Å². The number of carbonyl (C=O) groups excluding carboxylic acids is 1. The Bertz CT molecular complexity index is 832. The summed E-state index contributed by atoms with van der Waals surface area (Å²) in [7, 11) is 0. The zero-order valence-electron chi connectivity index (χ0n) is 17.6. The fraction of sp³-hybridized carbons (Fsp3) is 0.696. The summed E-state index contributed by atoms with van der Waals surface area (Å²) in [6.07, 6.45) is 10.9. The molecule has 4 fully saturated rings. The molecule has 1 amide bonds. The van der Waals surface area contributed by atoms with Gasteiger partial charge in [0, 0.05) is 6.04 Å². The molecule has 0 aromatic carbocycles. The lowest BCUT2D eigenvalue weighted by Crippen LogP contribution is -2.37. The number of piperidine rings is 1. The molecule has 3 saturated carbocycles. The standard InChI is InChI=1S/C23H30BrN3O3.ClH/c24-18-9-6-15(12-26-18)27-21(28)19-16-7-8-17(20(19)22(29)30)23(16)11-13(23)4-5-14-3-1-2-10-25-14;/h6,9,12-14,16-17,19-20,25H,1-5,7-8,10-11H2,(H,27,28)(H,29,30);1H/t13?,14?,16-,17+,19+,20+,23-;/m0./s1. The number of nitrogens with one attached hydrogen (secondary N) is 2. The number of carboxylic acid groups (broad SMARTS) is 1. The molecule has 1 aromatic rings. The van der Waals surface area contributed by atoms with E-state index in [1.807, 2.05) is 0 Å². The van der Waals surface area contributed by atoms with Gasteiger partial charge in [0.15, 0.2) is 0 Å². The Balaban J connectivity index is 0.00000231. The quantitative estimate of drug-likeness (QED) is 0.489. The van der Waals surface area contributed by atoms with Gasteiger partial charge in [-0.3, -0.25) is 9.59 Å². The first-order valence-corrected chi connectivity index (χ1v) is 12.2. The Morgan fingerprint density at radius 2 is 1.94 bits per heavy atom. The summed E-state index contributed by atoms with van der Waals surface area (Å²) in [5.41, 5.74) is 0.720. The zero-order chi connectivity index (χ0) is 20.9. The van der Waals surface area contributed by atoms with E-state index in [0.717, 1.165) is 25.8 Å². The van der Waals surface area contributed by atoms with E-state index in [9.17, 15) is 14.7 Å². The van der Waals surface area contributed by atoms with Crippen molar-refractivity contribution in [2.75, 3.05) is 11.9 Å². The number of carboxylic acids is 1. The molecule has 3 aliphatic carbocycles. The number of aliphatic carboxylic acids is 1. The minimum atomic E-state index is -0.796. The highest BCUT2D eigenvalue weighted by molar-refractivity contribution is 9.10. The fourth-order valence-corrected chi connectivity index (χ4v) is 7.50. The second-order valence-electron chi connectivity index (χ2n) is 9.78. The number of carbonyl (C=O) groups is 2. The first kappa shape index (κ1) is 23.0. The first-order chi connectivity index (χ1) is 14.5. The number of anilines is 1. The number of pyridine rings is 1. The number of hydrogen-bond donors (Lipinski definition) is 3. The molecule has 8 heteroatoms. The molecular weight excluding hydrogens is 482 g/mol. The van der Waals surface area contributed by atoms with Crippen LogP contribution in [0.1, 0.15) is 51.4 Å². The Kier molecular flexibility index (Phi) is 6.67. The molecule has 1 saturated heterocycles. The minimum absolute atomic E-state index is 0. The third kappa shape index (κ3) is 4.02. The van der Waals surface area contributed by atoms with Crippen LogP contribution in [-0.2, 0) is 9.59 Å². The van der Waals surface area contributed by atoms with Gasteiger partial charge in [-0.05, 0) is 103 Å². The van der Waals surface area contributed by atoms with E-state index in [0.29, 0.717) is 22.3 Å². The predicted molar refractivity (Wildman–Crippen MR) is 124 cm³/mol. The van der Waals surface area contributed by atoms with Gasteiger partial charge in [-0.2, -0.15) is 0 Å². The molecule has 0 radical (unpaired) electrons. The molecule has 4 aliphatic rings. The van der Waals surface area contributed by atoms with Crippen molar-refractivity contribution in [1.82, 2.24) is 10.3 Å². The first-order valence-electron chi connectivity index (χ1n) is 11.4. The lowest BCUT2D eigenvalue weighted by Gasteiger charge is -2.26. The summed E-state index contributed by atoms with van der Waals surface area (Å²) in [5, 5.41) is 16.6. The van der Waals surface area contributed by atoms with E-state index in [-0.39, 0.29) is 35.6 Å². The largest absolute Gasteiger partial charge is 0.481 e. The van der Waals surface area contributed by atoms with E-state index in [2.05, 4.69) is 31.5 Å². The molecule has 1 aromatic heterocycles. The molecule has 170 valence electrons. The molecule has 2 unspecified atom stereocenters. The van der Waals surface area contributed by atoms with Crippen LogP contribution in [0, 0.1) is 35.0 Å². The lowest BCUT2D eigenvalue weighted by atomic mass is 9.78. The van der Waals surface area contributed by atoms with Crippen molar-refractivity contribution in [2.24, 2.45) is 35.0 Å². The second-order valence-corrected chi connectivity index (χ2v) is 10.6. The molecule has 5 rings (SSSR count). The maximum Gasteiger partial charge on any atom is 0.307 e. The van der Waals surface area contributed by atoms with Crippen LogP contribution in [0.2, 0.25) is 0 Å². The average molecular weight is 513 g/mol. The Morgan fingerprint density at radius 1 is 1.16 bits per heavy atom. The molecule has 7 atom stereocenters. The maximum absolute atomic E-state index is 13.2. The molecule has 6 nitrogen and oxygen atoms in total. The Labute approximate surface area is 197 Å². The molecule has 2 heterocycles. The predicted octanol–water partition coefficient (Wildman–Crippen LogP) is 4.49. The van der Waals surface area contributed by atoms with Crippen LogP contribution in [0.15, 0.2) is 22.9 Å². The Hall–Kier alpha value is -1.18. The molecular formula is C23H31BrClN3O3. The van der Waals surface area contributed by atoms with E-state index >= 15 is 0 Å². The van der Waals surface area contributed by atoms with Crippen molar-refractivity contribution < 1.29 is 14.7 Å². The highest BCUT2D eigenvalue weighted by atomic mass is 79.9. The van der Waals surface area contributed by atoms with Gasteiger partial charge >= 0.3 is 5.97 Å². The fourth-order valence-electron chi connectivity index (χ4n) is 7.27. The average Bonchev–Trinajstić information content (AvgIpc) is 3.28. The minimum Gasteiger partial charge on any atom is -0.481 e. The highest BCUT2D eigenvalue weighted by Gasteiger charge is 2.75. The van der Waals surface area contributed by atoms with E-state index in [4.69, 9.17) is 0 Å². The second kappa shape index (κ2) is 8.99. The van der Waals surface area contributed by atoms with Crippen LogP contribution in [0.3, 0.4) is 0 Å². The summed E-state index contributed by atoms with van der Waals surface area (Å²) < 4.78 is 0.705. The normalized spacial score (nSPS) is 38.0. The molecule has 31 heavy (non-hydrogen) atoms. The topological polar surface area (TPSA) is 91.3 Å². The number of halogens is 2. The van der Waals surface area contributed by atoms with Crippen LogP contribution in [0.25, 0.3) is 0 Å². The van der Waals surface area contributed by atoms with Crippen LogP contribution in [0.4, 0.5) is 5.69 Å². The van der Waals surface area contributed by atoms with E-state index in [1.54, 1.807) is 18.3 Å². The van der Waals surface area contributed by atoms with Gasteiger partial charge < -0.3 is 15.7 Å². The maximum atomic E-state index is 13.2. The molecule has 2 bridgehead atoms. The SMILES string of the molecule is Cl.O=C(O)[C@H]1[C@H](C(=O)Nc2ccc(Br)nc2)[C@@H]2CC[C@H]1[C@]21CC1CCC1CCCCN1. The highest BCUT2D eigenvalue weighted by Crippen LogP contribution is 2.78. The summed E-state index contributed by atoms with van der Waals surface area (Å²) in [6, 6.07) is 4.20. The zero-order valence-corrected chi connectivity index (χ0v) is 20.0. The van der Waals surface area contributed by atoms with Crippen LogP contribution in [-0.4, -0.2) is 34.6 Å².